The third kappa shape index (κ3) is 3.74. The Morgan fingerprint density at radius 2 is 2.40 bits per heavy atom. The zero-order chi connectivity index (χ0) is 11.4. The van der Waals surface area contributed by atoms with Crippen LogP contribution in [0.2, 0.25) is 0 Å². The summed E-state index contributed by atoms with van der Waals surface area (Å²) in [4.78, 5) is 12.4. The molecule has 1 aromatic rings. The van der Waals surface area contributed by atoms with E-state index in [-0.39, 0.29) is 11.9 Å². The summed E-state index contributed by atoms with van der Waals surface area (Å²) >= 11 is 8.12. The Balaban J connectivity index is 2.65. The van der Waals surface area contributed by atoms with Gasteiger partial charge in [-0.3, -0.25) is 4.79 Å². The highest BCUT2D eigenvalue weighted by atomic mass is 79.9. The first kappa shape index (κ1) is 12.9. The second kappa shape index (κ2) is 5.82. The number of hydrogen-bond acceptors (Lipinski definition) is 2. The molecule has 0 aliphatic carbocycles. The molecule has 15 heavy (non-hydrogen) atoms. The zero-order valence-electron chi connectivity index (χ0n) is 8.22. The SMILES string of the molecule is C=CCC(C)NC(=O)c1cc(Br)c(Br)s1. The fourth-order valence-corrected chi connectivity index (χ4v) is 3.00. The lowest BCUT2D eigenvalue weighted by Gasteiger charge is -2.09. The van der Waals surface area contributed by atoms with Crippen molar-refractivity contribution in [3.05, 3.63) is 31.9 Å². The van der Waals surface area contributed by atoms with Gasteiger partial charge < -0.3 is 5.32 Å². The third-order valence-electron chi connectivity index (χ3n) is 1.77. The van der Waals surface area contributed by atoms with Gasteiger partial charge in [-0.15, -0.1) is 17.9 Å². The average Bonchev–Trinajstić information content (AvgIpc) is 2.47. The Hall–Kier alpha value is -0.130. The van der Waals surface area contributed by atoms with Gasteiger partial charge in [0.15, 0.2) is 0 Å². The van der Waals surface area contributed by atoms with Crippen molar-refractivity contribution in [1.82, 2.24) is 5.32 Å². The monoisotopic (exact) mass is 351 g/mol. The molecule has 0 bridgehead atoms. The van der Waals surface area contributed by atoms with Crippen molar-refractivity contribution in [3.8, 4) is 0 Å². The molecule has 1 heterocycles. The first-order chi connectivity index (χ1) is 7.04. The van der Waals surface area contributed by atoms with Crippen LogP contribution < -0.4 is 5.32 Å². The smallest absolute Gasteiger partial charge is 0.261 e. The first-order valence-electron chi connectivity index (χ1n) is 4.41. The van der Waals surface area contributed by atoms with Gasteiger partial charge in [-0.25, -0.2) is 0 Å². The van der Waals surface area contributed by atoms with Crippen LogP contribution in [0.3, 0.4) is 0 Å². The summed E-state index contributed by atoms with van der Waals surface area (Å²) in [6.07, 6.45) is 2.57. The van der Waals surface area contributed by atoms with Crippen LogP contribution in [-0.2, 0) is 0 Å². The van der Waals surface area contributed by atoms with Crippen LogP contribution in [0.5, 0.6) is 0 Å². The Bertz CT molecular complexity index is 356. The van der Waals surface area contributed by atoms with Gasteiger partial charge in [0.1, 0.15) is 0 Å². The van der Waals surface area contributed by atoms with Crippen molar-refractivity contribution in [2.24, 2.45) is 0 Å². The summed E-state index contributed by atoms with van der Waals surface area (Å²) in [7, 11) is 0. The fraction of sp³-hybridized carbons (Fsp3) is 0.300. The van der Waals surface area contributed by atoms with Crippen molar-refractivity contribution in [2.45, 2.75) is 19.4 Å². The van der Waals surface area contributed by atoms with Crippen LogP contribution in [0.1, 0.15) is 23.0 Å². The predicted molar refractivity (Wildman–Crippen MR) is 71.5 cm³/mol. The molecule has 0 radical (unpaired) electrons. The van der Waals surface area contributed by atoms with Crippen molar-refractivity contribution in [1.29, 1.82) is 0 Å². The van der Waals surface area contributed by atoms with Crippen molar-refractivity contribution < 1.29 is 4.79 Å². The molecule has 0 spiro atoms. The first-order valence-corrected chi connectivity index (χ1v) is 6.81. The van der Waals surface area contributed by atoms with Crippen LogP contribution in [0.4, 0.5) is 0 Å². The molecule has 1 aromatic heterocycles. The summed E-state index contributed by atoms with van der Waals surface area (Å²) in [6.45, 7) is 5.59. The van der Waals surface area contributed by atoms with Crippen molar-refractivity contribution >= 4 is 49.1 Å². The maximum atomic E-state index is 11.7. The number of hydrogen-bond donors (Lipinski definition) is 1. The lowest BCUT2D eigenvalue weighted by atomic mass is 10.2. The topological polar surface area (TPSA) is 29.1 Å². The van der Waals surface area contributed by atoms with E-state index >= 15 is 0 Å². The van der Waals surface area contributed by atoms with E-state index in [1.54, 1.807) is 6.08 Å². The molecule has 0 aliphatic rings. The molecule has 0 saturated heterocycles. The molecule has 1 N–H and O–H groups in total. The maximum Gasteiger partial charge on any atom is 0.261 e. The molecule has 82 valence electrons. The summed E-state index contributed by atoms with van der Waals surface area (Å²) < 4.78 is 1.85. The van der Waals surface area contributed by atoms with Crippen LogP contribution in [0.15, 0.2) is 27.0 Å². The highest BCUT2D eigenvalue weighted by Crippen LogP contribution is 2.32. The van der Waals surface area contributed by atoms with E-state index in [4.69, 9.17) is 0 Å². The molecular weight excluding hydrogens is 342 g/mol. The minimum absolute atomic E-state index is 0.0410. The number of halogens is 2. The lowest BCUT2D eigenvalue weighted by Crippen LogP contribution is -2.31. The molecule has 0 aromatic carbocycles. The Morgan fingerprint density at radius 3 is 2.87 bits per heavy atom. The summed E-state index contributed by atoms with van der Waals surface area (Å²) in [5.74, 6) is -0.0410. The van der Waals surface area contributed by atoms with E-state index in [0.29, 0.717) is 4.88 Å². The molecule has 5 heteroatoms. The minimum atomic E-state index is -0.0410. The fourth-order valence-electron chi connectivity index (χ4n) is 1.06. The van der Waals surface area contributed by atoms with E-state index < -0.39 is 0 Å². The normalized spacial score (nSPS) is 12.2. The van der Waals surface area contributed by atoms with Gasteiger partial charge in [-0.05, 0) is 51.3 Å². The van der Waals surface area contributed by atoms with E-state index in [0.717, 1.165) is 14.7 Å². The van der Waals surface area contributed by atoms with Gasteiger partial charge in [-0.2, -0.15) is 0 Å². The molecule has 0 fully saturated rings. The van der Waals surface area contributed by atoms with E-state index in [1.165, 1.54) is 11.3 Å². The number of thiophene rings is 1. The number of carbonyl (C=O) groups is 1. The number of carbonyl (C=O) groups excluding carboxylic acids is 1. The Kier molecular flexibility index (Phi) is 5.02. The van der Waals surface area contributed by atoms with E-state index in [2.05, 4.69) is 43.8 Å². The molecule has 1 unspecified atom stereocenters. The second-order valence-corrected chi connectivity index (χ2v) is 6.36. The van der Waals surface area contributed by atoms with Crippen LogP contribution in [0.25, 0.3) is 0 Å². The summed E-state index contributed by atoms with van der Waals surface area (Å²) in [5.41, 5.74) is 0. The largest absolute Gasteiger partial charge is 0.349 e. The number of nitrogens with one attached hydrogen (secondary N) is 1. The summed E-state index contributed by atoms with van der Waals surface area (Å²) in [5, 5.41) is 2.90. The van der Waals surface area contributed by atoms with Crippen LogP contribution in [0, 0.1) is 0 Å². The van der Waals surface area contributed by atoms with Gasteiger partial charge in [-0.1, -0.05) is 6.08 Å². The highest BCUT2D eigenvalue weighted by molar-refractivity contribution is 9.13. The number of amides is 1. The molecule has 1 rings (SSSR count). The second-order valence-electron chi connectivity index (χ2n) is 3.13. The van der Waals surface area contributed by atoms with Gasteiger partial charge in [0.25, 0.3) is 5.91 Å². The van der Waals surface area contributed by atoms with Crippen molar-refractivity contribution in [3.63, 3.8) is 0 Å². The Morgan fingerprint density at radius 1 is 1.73 bits per heavy atom. The molecule has 1 amide bonds. The van der Waals surface area contributed by atoms with Gasteiger partial charge in [0.05, 0.1) is 8.66 Å². The Labute approximate surface area is 110 Å². The summed E-state index contributed by atoms with van der Waals surface area (Å²) in [6, 6.07) is 1.93. The van der Waals surface area contributed by atoms with Crippen LogP contribution in [-0.4, -0.2) is 11.9 Å². The van der Waals surface area contributed by atoms with Gasteiger partial charge in [0, 0.05) is 10.5 Å². The maximum absolute atomic E-state index is 11.7. The van der Waals surface area contributed by atoms with Crippen molar-refractivity contribution in [2.75, 3.05) is 0 Å². The molecule has 1 atom stereocenters. The van der Waals surface area contributed by atoms with Crippen LogP contribution >= 0.6 is 43.2 Å². The third-order valence-corrected chi connectivity index (χ3v) is 5.02. The van der Waals surface area contributed by atoms with Gasteiger partial charge in [0.2, 0.25) is 0 Å². The standard InChI is InChI=1S/C10H11Br2NOS/c1-3-4-6(2)13-10(14)8-5-7(11)9(12)15-8/h3,5-6H,1,4H2,2H3,(H,13,14). The zero-order valence-corrected chi connectivity index (χ0v) is 12.2. The quantitative estimate of drug-likeness (QED) is 0.816. The lowest BCUT2D eigenvalue weighted by molar-refractivity contribution is 0.0944. The molecule has 0 aliphatic heterocycles. The molecule has 2 nitrogen and oxygen atoms in total. The van der Waals surface area contributed by atoms with E-state index in [1.807, 2.05) is 13.0 Å². The van der Waals surface area contributed by atoms with Gasteiger partial charge >= 0.3 is 0 Å². The minimum Gasteiger partial charge on any atom is -0.349 e. The number of rotatable bonds is 4. The average molecular weight is 353 g/mol. The van der Waals surface area contributed by atoms with E-state index in [9.17, 15) is 4.79 Å². The highest BCUT2D eigenvalue weighted by Gasteiger charge is 2.13. The predicted octanol–water partition coefficient (Wildman–Crippen LogP) is 3.97. The molecule has 0 saturated carbocycles. The molecular formula is C10H11Br2NOS.